The Morgan fingerprint density at radius 1 is 0.474 bits per heavy atom. The number of rotatable bonds is 60. The number of hydrogen-bond donors (Lipinski definition) is 2. The number of quaternary nitrogens is 1. The van der Waals surface area contributed by atoms with Crippen LogP contribution in [-0.4, -0.2) is 68.5 Å². The Morgan fingerprint density at radius 2 is 0.803 bits per heavy atom. The zero-order valence-corrected chi connectivity index (χ0v) is 51.9. The van der Waals surface area contributed by atoms with E-state index in [2.05, 4.69) is 67.8 Å². The first kappa shape index (κ1) is 74.2. The van der Waals surface area contributed by atoms with Crippen LogP contribution in [0.25, 0.3) is 0 Å². The summed E-state index contributed by atoms with van der Waals surface area (Å²) in [6.07, 6.45) is 79.0. The SMILES string of the molecule is CC/C=C\C/C=C\C/C=C\C/C=C\CCCCCCCCCCCCCCCCCCCCCCCCC(=O)NC(COP(=O)([O-])OCC[N+](C)(C)C)C(O)/C=C/CCCCCCCCCCCCCCCCCCC. The number of carbonyl (C=O) groups excluding carboxylic acids is 1. The van der Waals surface area contributed by atoms with Gasteiger partial charge in [0.15, 0.2) is 0 Å². The molecular weight excluding hydrogens is 960 g/mol. The van der Waals surface area contributed by atoms with E-state index in [9.17, 15) is 19.4 Å². The minimum absolute atomic E-state index is 0.00000762. The third-order valence-corrected chi connectivity index (χ3v) is 15.7. The predicted molar refractivity (Wildman–Crippen MR) is 330 cm³/mol. The third kappa shape index (κ3) is 59.9. The van der Waals surface area contributed by atoms with Crippen LogP contribution in [0.1, 0.15) is 309 Å². The van der Waals surface area contributed by atoms with Crippen molar-refractivity contribution in [2.45, 2.75) is 321 Å². The van der Waals surface area contributed by atoms with Crippen LogP contribution in [0.3, 0.4) is 0 Å². The average molecular weight is 1090 g/mol. The molecule has 0 aromatic rings. The lowest BCUT2D eigenvalue weighted by molar-refractivity contribution is -0.870. The molecule has 3 unspecified atom stereocenters. The molecule has 0 fully saturated rings. The summed E-state index contributed by atoms with van der Waals surface area (Å²) in [6, 6.07) is -0.887. The molecule has 3 atom stereocenters. The largest absolute Gasteiger partial charge is 0.756 e. The lowest BCUT2D eigenvalue weighted by Crippen LogP contribution is -2.45. The maximum atomic E-state index is 13.0. The number of nitrogens with one attached hydrogen (secondary N) is 1. The van der Waals surface area contributed by atoms with Crippen LogP contribution in [0.15, 0.2) is 60.8 Å². The van der Waals surface area contributed by atoms with Crippen molar-refractivity contribution in [3.8, 4) is 0 Å². The van der Waals surface area contributed by atoms with E-state index in [1.807, 2.05) is 27.2 Å². The van der Waals surface area contributed by atoms with Gasteiger partial charge in [-0.25, -0.2) is 0 Å². The molecule has 0 radical (unpaired) electrons. The second kappa shape index (κ2) is 57.9. The van der Waals surface area contributed by atoms with Crippen molar-refractivity contribution in [1.82, 2.24) is 5.32 Å². The number of phosphoric acid groups is 1. The first-order valence-electron chi connectivity index (χ1n) is 32.7. The Bertz CT molecular complexity index is 1420. The lowest BCUT2D eigenvalue weighted by Gasteiger charge is -2.29. The molecule has 2 N–H and O–H groups in total. The van der Waals surface area contributed by atoms with E-state index in [4.69, 9.17) is 9.05 Å². The van der Waals surface area contributed by atoms with Crippen LogP contribution >= 0.6 is 7.82 Å². The first-order valence-corrected chi connectivity index (χ1v) is 34.1. The fourth-order valence-corrected chi connectivity index (χ4v) is 10.4. The van der Waals surface area contributed by atoms with Gasteiger partial charge in [0.05, 0.1) is 39.9 Å². The van der Waals surface area contributed by atoms with Crippen molar-refractivity contribution >= 4 is 13.7 Å². The number of hydrogen-bond acceptors (Lipinski definition) is 6. The van der Waals surface area contributed by atoms with Crippen molar-refractivity contribution < 1.29 is 32.9 Å². The van der Waals surface area contributed by atoms with Gasteiger partial charge in [0.25, 0.3) is 7.82 Å². The fraction of sp³-hybridized carbons (Fsp3) is 0.836. The van der Waals surface area contributed by atoms with Crippen molar-refractivity contribution in [2.24, 2.45) is 0 Å². The highest BCUT2D eigenvalue weighted by Crippen LogP contribution is 2.38. The number of nitrogens with zero attached hydrogens (tertiary/aromatic N) is 1. The summed E-state index contributed by atoms with van der Waals surface area (Å²) in [4.78, 5) is 25.6. The Kier molecular flexibility index (Phi) is 56.5. The smallest absolute Gasteiger partial charge is 0.268 e. The summed E-state index contributed by atoms with van der Waals surface area (Å²) >= 11 is 0. The molecule has 0 rings (SSSR count). The van der Waals surface area contributed by atoms with E-state index < -0.39 is 20.0 Å². The van der Waals surface area contributed by atoms with Crippen LogP contribution in [0, 0.1) is 0 Å². The average Bonchev–Trinajstić information content (AvgIpc) is 3.38. The van der Waals surface area contributed by atoms with Crippen molar-refractivity contribution in [3.05, 3.63) is 60.8 Å². The highest BCUT2D eigenvalue weighted by molar-refractivity contribution is 7.45. The lowest BCUT2D eigenvalue weighted by atomic mass is 10.0. The van der Waals surface area contributed by atoms with Gasteiger partial charge in [-0.3, -0.25) is 9.36 Å². The summed E-state index contributed by atoms with van der Waals surface area (Å²) in [5.74, 6) is -0.192. The zero-order valence-electron chi connectivity index (χ0n) is 51.0. The molecular formula is C67H127N2O6P. The number of phosphoric ester groups is 1. The highest BCUT2D eigenvalue weighted by Gasteiger charge is 2.23. The molecule has 0 heterocycles. The molecule has 0 aromatic heterocycles. The van der Waals surface area contributed by atoms with Gasteiger partial charge in [0.1, 0.15) is 13.2 Å². The molecule has 0 aliphatic carbocycles. The molecule has 76 heavy (non-hydrogen) atoms. The number of carbonyl (C=O) groups is 1. The zero-order chi connectivity index (χ0) is 55.6. The van der Waals surface area contributed by atoms with Gasteiger partial charge in [-0.1, -0.05) is 306 Å². The van der Waals surface area contributed by atoms with Gasteiger partial charge >= 0.3 is 0 Å². The van der Waals surface area contributed by atoms with Gasteiger partial charge in [-0.2, -0.15) is 0 Å². The summed E-state index contributed by atoms with van der Waals surface area (Å²) < 4.78 is 23.4. The number of aliphatic hydroxyl groups excluding tert-OH is 1. The van der Waals surface area contributed by atoms with Crippen molar-refractivity contribution in [3.63, 3.8) is 0 Å². The maximum absolute atomic E-state index is 13.0. The molecule has 446 valence electrons. The van der Waals surface area contributed by atoms with Gasteiger partial charge in [0.2, 0.25) is 5.91 Å². The second-order valence-electron chi connectivity index (χ2n) is 23.4. The van der Waals surface area contributed by atoms with E-state index >= 15 is 0 Å². The van der Waals surface area contributed by atoms with Gasteiger partial charge < -0.3 is 28.8 Å². The van der Waals surface area contributed by atoms with Crippen LogP contribution in [0.4, 0.5) is 0 Å². The van der Waals surface area contributed by atoms with Crippen LogP contribution < -0.4 is 10.2 Å². The number of allylic oxidation sites excluding steroid dienone is 9. The van der Waals surface area contributed by atoms with Crippen LogP contribution in [-0.2, 0) is 18.4 Å². The topological polar surface area (TPSA) is 108 Å². The minimum Gasteiger partial charge on any atom is -0.756 e. The number of amides is 1. The van der Waals surface area contributed by atoms with Crippen molar-refractivity contribution in [2.75, 3.05) is 40.9 Å². The molecule has 8 nitrogen and oxygen atoms in total. The molecule has 9 heteroatoms. The van der Waals surface area contributed by atoms with E-state index in [-0.39, 0.29) is 19.1 Å². The van der Waals surface area contributed by atoms with Gasteiger partial charge in [-0.05, 0) is 57.8 Å². The Morgan fingerprint density at radius 3 is 1.17 bits per heavy atom. The van der Waals surface area contributed by atoms with Crippen molar-refractivity contribution in [1.29, 1.82) is 0 Å². The fourth-order valence-electron chi connectivity index (χ4n) is 9.68. The Hall–Kier alpha value is -1.80. The van der Waals surface area contributed by atoms with E-state index in [1.165, 1.54) is 225 Å². The van der Waals surface area contributed by atoms with E-state index in [1.54, 1.807) is 6.08 Å². The number of likely N-dealkylation sites (N-methyl/N-ethyl adjacent to an activating group) is 1. The monoisotopic (exact) mass is 1090 g/mol. The van der Waals surface area contributed by atoms with E-state index in [0.29, 0.717) is 17.4 Å². The molecule has 0 bridgehead atoms. The van der Waals surface area contributed by atoms with Gasteiger partial charge in [-0.15, -0.1) is 0 Å². The van der Waals surface area contributed by atoms with Crippen LogP contribution in [0.2, 0.25) is 0 Å². The normalized spacial score (nSPS) is 14.1. The summed E-state index contributed by atoms with van der Waals surface area (Å²) in [7, 11) is 1.27. The summed E-state index contributed by atoms with van der Waals surface area (Å²) in [5.41, 5.74) is 0. The third-order valence-electron chi connectivity index (χ3n) is 14.7. The van der Waals surface area contributed by atoms with Crippen LogP contribution in [0.5, 0.6) is 0 Å². The second-order valence-corrected chi connectivity index (χ2v) is 24.9. The Balaban J connectivity index is 4.01. The molecule has 0 aliphatic rings. The number of unbranched alkanes of at least 4 members (excludes halogenated alkanes) is 39. The highest BCUT2D eigenvalue weighted by atomic mass is 31.2. The Labute approximate surface area is 472 Å². The molecule has 0 aromatic carbocycles. The summed E-state index contributed by atoms with van der Waals surface area (Å²) in [6.45, 7) is 4.57. The molecule has 1 amide bonds. The summed E-state index contributed by atoms with van der Waals surface area (Å²) in [5, 5.41) is 13.9. The molecule has 0 aliphatic heterocycles. The minimum atomic E-state index is -4.60. The standard InChI is InChI=1S/C67H127N2O6P/c1-6-8-10-12-14-16-18-20-22-24-26-27-28-29-30-31-32-33-34-35-36-37-38-39-40-41-43-45-47-49-51-53-55-57-59-61-67(71)68-65(64-75-76(72,73)74-63-62-69(3,4)5)66(70)60-58-56-54-52-50-48-46-44-42-25-23-21-19-17-15-13-11-9-7-2/h8,10,14,16,20,22,26-27,58,60,65-66,70H,6-7,9,11-13,15,17-19,21,23-25,28-57,59,61-64H2,1-5H3,(H-,68,71,72,73)/b10-8-,16-14-,22-20-,27-26-,60-58+. The predicted octanol–water partition coefficient (Wildman–Crippen LogP) is 19.8. The molecule has 0 saturated carbocycles. The quantitative estimate of drug-likeness (QED) is 0.0272. The maximum Gasteiger partial charge on any atom is 0.268 e. The van der Waals surface area contributed by atoms with Gasteiger partial charge in [0, 0.05) is 6.42 Å². The molecule has 0 saturated heterocycles. The number of aliphatic hydroxyl groups is 1. The first-order chi connectivity index (χ1) is 37.0. The van der Waals surface area contributed by atoms with E-state index in [0.717, 1.165) is 64.2 Å². The molecule has 0 spiro atoms.